The van der Waals surface area contributed by atoms with Gasteiger partial charge in [-0.25, -0.2) is 4.39 Å². The molecule has 1 aliphatic heterocycles. The van der Waals surface area contributed by atoms with Gasteiger partial charge in [-0.05, 0) is 42.0 Å². The zero-order valence-corrected chi connectivity index (χ0v) is 16.1. The predicted octanol–water partition coefficient (Wildman–Crippen LogP) is 4.46. The second kappa shape index (κ2) is 7.83. The molecule has 1 saturated heterocycles. The number of amides is 1. The smallest absolute Gasteiger partial charge is 0.300 e. The van der Waals surface area contributed by atoms with E-state index in [1.165, 1.54) is 36.3 Å². The summed E-state index contributed by atoms with van der Waals surface area (Å²) in [6.45, 7) is 0. The van der Waals surface area contributed by atoms with Crippen LogP contribution in [0.5, 0.6) is 5.75 Å². The van der Waals surface area contributed by atoms with Crippen LogP contribution >= 0.6 is 0 Å². The number of para-hydroxylation sites is 1. The van der Waals surface area contributed by atoms with Crippen molar-refractivity contribution in [3.05, 3.63) is 101 Å². The van der Waals surface area contributed by atoms with Crippen LogP contribution in [0.1, 0.15) is 17.2 Å². The summed E-state index contributed by atoms with van der Waals surface area (Å²) in [5.41, 5.74) is 1.28. The number of Topliss-reactive ketones (excluding diaryl/α,β-unsaturated/α-hetero) is 1. The van der Waals surface area contributed by atoms with Crippen molar-refractivity contribution in [2.24, 2.45) is 0 Å². The lowest BCUT2D eigenvalue weighted by molar-refractivity contribution is -0.132. The first-order valence-electron chi connectivity index (χ1n) is 9.27. The molecule has 3 aromatic rings. The molecule has 0 saturated carbocycles. The predicted molar refractivity (Wildman–Crippen MR) is 111 cm³/mol. The molecule has 0 spiro atoms. The van der Waals surface area contributed by atoms with Gasteiger partial charge in [0.05, 0.1) is 18.7 Å². The fourth-order valence-electron chi connectivity index (χ4n) is 3.57. The van der Waals surface area contributed by atoms with E-state index in [1.54, 1.807) is 54.6 Å². The van der Waals surface area contributed by atoms with E-state index in [0.29, 0.717) is 22.6 Å². The van der Waals surface area contributed by atoms with E-state index in [2.05, 4.69) is 0 Å². The highest BCUT2D eigenvalue weighted by molar-refractivity contribution is 6.51. The van der Waals surface area contributed by atoms with Crippen LogP contribution in [-0.2, 0) is 9.59 Å². The van der Waals surface area contributed by atoms with Crippen LogP contribution in [0.3, 0.4) is 0 Å². The number of hydrogen-bond acceptors (Lipinski definition) is 4. The minimum absolute atomic E-state index is 0.0660. The topological polar surface area (TPSA) is 66.8 Å². The molecule has 30 heavy (non-hydrogen) atoms. The van der Waals surface area contributed by atoms with E-state index < -0.39 is 23.5 Å². The first kappa shape index (κ1) is 19.4. The average Bonchev–Trinajstić information content (AvgIpc) is 3.05. The van der Waals surface area contributed by atoms with E-state index in [-0.39, 0.29) is 11.3 Å². The van der Waals surface area contributed by atoms with Crippen LogP contribution in [0.4, 0.5) is 10.1 Å². The maximum atomic E-state index is 13.5. The van der Waals surface area contributed by atoms with Gasteiger partial charge in [0.1, 0.15) is 17.3 Å². The monoisotopic (exact) mass is 403 g/mol. The van der Waals surface area contributed by atoms with Gasteiger partial charge in [-0.1, -0.05) is 42.5 Å². The Kier molecular flexibility index (Phi) is 5.06. The molecule has 1 N–H and O–H groups in total. The van der Waals surface area contributed by atoms with Crippen LogP contribution in [0, 0.1) is 5.82 Å². The van der Waals surface area contributed by atoms with Crippen LogP contribution in [0.25, 0.3) is 5.76 Å². The molecule has 1 atom stereocenters. The molecule has 1 aliphatic rings. The van der Waals surface area contributed by atoms with Crippen molar-refractivity contribution in [3.8, 4) is 5.75 Å². The molecule has 0 bridgehead atoms. The third kappa shape index (κ3) is 3.33. The molecule has 3 aromatic carbocycles. The number of aliphatic hydroxyl groups excluding tert-OH is 1. The number of ketones is 1. The summed E-state index contributed by atoms with van der Waals surface area (Å²) in [5, 5.41) is 11.0. The third-order valence-electron chi connectivity index (χ3n) is 5.01. The highest BCUT2D eigenvalue weighted by atomic mass is 19.1. The number of aliphatic hydroxyl groups is 1. The summed E-state index contributed by atoms with van der Waals surface area (Å²) in [6, 6.07) is 19.9. The maximum absolute atomic E-state index is 13.5. The zero-order chi connectivity index (χ0) is 21.3. The largest absolute Gasteiger partial charge is 0.507 e. The molecule has 150 valence electrons. The van der Waals surface area contributed by atoms with Crippen molar-refractivity contribution in [2.75, 3.05) is 12.0 Å². The molecule has 1 unspecified atom stereocenters. The SMILES string of the molecule is COc1cccc(/C(O)=C2/C(=O)C(=O)N(c3ccccc3)C2c2ccc(F)cc2)c1. The summed E-state index contributed by atoms with van der Waals surface area (Å²) in [5.74, 6) is -1.84. The van der Waals surface area contributed by atoms with Gasteiger partial charge in [0.15, 0.2) is 0 Å². The highest BCUT2D eigenvalue weighted by Gasteiger charge is 2.46. The van der Waals surface area contributed by atoms with E-state index in [1.807, 2.05) is 0 Å². The molecule has 4 rings (SSSR count). The van der Waals surface area contributed by atoms with E-state index in [9.17, 15) is 19.1 Å². The number of carbonyl (C=O) groups excluding carboxylic acids is 2. The van der Waals surface area contributed by atoms with Gasteiger partial charge < -0.3 is 9.84 Å². The van der Waals surface area contributed by atoms with Crippen LogP contribution in [0.15, 0.2) is 84.4 Å². The Morgan fingerprint density at radius 1 is 0.967 bits per heavy atom. The van der Waals surface area contributed by atoms with Gasteiger partial charge in [-0.15, -0.1) is 0 Å². The van der Waals surface area contributed by atoms with Gasteiger partial charge in [0.25, 0.3) is 11.7 Å². The van der Waals surface area contributed by atoms with Gasteiger partial charge in [0, 0.05) is 11.3 Å². The minimum Gasteiger partial charge on any atom is -0.507 e. The maximum Gasteiger partial charge on any atom is 0.300 e. The summed E-state index contributed by atoms with van der Waals surface area (Å²) in [4.78, 5) is 27.3. The Morgan fingerprint density at radius 3 is 2.33 bits per heavy atom. The Bertz CT molecular complexity index is 1140. The Morgan fingerprint density at radius 2 is 1.67 bits per heavy atom. The second-order valence-corrected chi connectivity index (χ2v) is 6.79. The Hall–Kier alpha value is -3.93. The number of carbonyl (C=O) groups is 2. The molecule has 0 aliphatic carbocycles. The Labute approximate surface area is 172 Å². The number of nitrogens with zero attached hydrogens (tertiary/aromatic N) is 1. The molecule has 5 nitrogen and oxygen atoms in total. The van der Waals surface area contributed by atoms with Crippen LogP contribution in [0.2, 0.25) is 0 Å². The fraction of sp³-hybridized carbons (Fsp3) is 0.0833. The molecular weight excluding hydrogens is 385 g/mol. The van der Waals surface area contributed by atoms with Crippen molar-refractivity contribution in [1.82, 2.24) is 0 Å². The molecule has 1 heterocycles. The lowest BCUT2D eigenvalue weighted by atomic mass is 9.95. The first-order chi connectivity index (χ1) is 14.5. The molecular formula is C24H18FNO4. The molecule has 0 radical (unpaired) electrons. The highest BCUT2D eigenvalue weighted by Crippen LogP contribution is 2.42. The fourth-order valence-corrected chi connectivity index (χ4v) is 3.57. The van der Waals surface area contributed by atoms with Crippen molar-refractivity contribution in [1.29, 1.82) is 0 Å². The molecule has 1 fully saturated rings. The number of rotatable bonds is 4. The summed E-state index contributed by atoms with van der Waals surface area (Å²) in [7, 11) is 1.49. The van der Waals surface area contributed by atoms with Crippen molar-refractivity contribution >= 4 is 23.1 Å². The number of halogens is 1. The molecule has 6 heteroatoms. The number of ether oxygens (including phenoxy) is 1. The average molecular weight is 403 g/mol. The summed E-state index contributed by atoms with van der Waals surface area (Å²) >= 11 is 0. The standard InChI is InChI=1S/C24H18FNO4/c1-30-19-9-5-6-16(14-19)22(27)20-21(15-10-12-17(25)13-11-15)26(24(29)23(20)28)18-7-3-2-4-8-18/h2-14,21,27H,1H3/b22-20-. The number of anilines is 1. The Balaban J connectivity index is 1.94. The normalized spacial score (nSPS) is 17.9. The number of hydrogen-bond donors (Lipinski definition) is 1. The summed E-state index contributed by atoms with van der Waals surface area (Å²) in [6.07, 6.45) is 0. The van der Waals surface area contributed by atoms with E-state index in [4.69, 9.17) is 4.74 Å². The van der Waals surface area contributed by atoms with Crippen molar-refractivity contribution in [2.45, 2.75) is 6.04 Å². The lowest BCUT2D eigenvalue weighted by Gasteiger charge is -2.25. The molecule has 0 aromatic heterocycles. The van der Waals surface area contributed by atoms with E-state index >= 15 is 0 Å². The van der Waals surface area contributed by atoms with Crippen LogP contribution in [-0.4, -0.2) is 23.9 Å². The zero-order valence-electron chi connectivity index (χ0n) is 16.1. The number of benzene rings is 3. The van der Waals surface area contributed by atoms with Gasteiger partial charge >= 0.3 is 0 Å². The minimum atomic E-state index is -0.904. The lowest BCUT2D eigenvalue weighted by Crippen LogP contribution is -2.29. The third-order valence-corrected chi connectivity index (χ3v) is 5.01. The second-order valence-electron chi connectivity index (χ2n) is 6.79. The molecule has 1 amide bonds. The van der Waals surface area contributed by atoms with Gasteiger partial charge in [-0.2, -0.15) is 0 Å². The summed E-state index contributed by atoms with van der Waals surface area (Å²) < 4.78 is 18.7. The van der Waals surface area contributed by atoms with E-state index in [0.717, 1.165) is 0 Å². The van der Waals surface area contributed by atoms with Crippen LogP contribution < -0.4 is 9.64 Å². The van der Waals surface area contributed by atoms with Crippen molar-refractivity contribution < 1.29 is 23.8 Å². The quantitative estimate of drug-likeness (QED) is 0.397. The van der Waals surface area contributed by atoms with Crippen molar-refractivity contribution in [3.63, 3.8) is 0 Å². The first-order valence-corrected chi connectivity index (χ1v) is 9.27. The van der Waals surface area contributed by atoms with Gasteiger partial charge in [0.2, 0.25) is 0 Å². The van der Waals surface area contributed by atoms with Gasteiger partial charge in [-0.3, -0.25) is 14.5 Å². The number of methoxy groups -OCH3 is 1.